The van der Waals surface area contributed by atoms with E-state index in [4.69, 9.17) is 9.47 Å². The molecule has 0 aromatic heterocycles. The van der Waals surface area contributed by atoms with Crippen LogP contribution in [0.4, 0.5) is 5.69 Å². The van der Waals surface area contributed by atoms with Crippen molar-refractivity contribution in [1.29, 1.82) is 0 Å². The first kappa shape index (κ1) is 16.0. The van der Waals surface area contributed by atoms with E-state index in [-0.39, 0.29) is 17.8 Å². The van der Waals surface area contributed by atoms with E-state index >= 15 is 0 Å². The molecule has 0 spiro atoms. The van der Waals surface area contributed by atoms with Crippen LogP contribution in [-0.4, -0.2) is 24.6 Å². The third-order valence-corrected chi connectivity index (χ3v) is 2.57. The summed E-state index contributed by atoms with van der Waals surface area (Å²) in [6.45, 7) is 7.48. The molecule has 110 valence electrons. The zero-order valence-electron chi connectivity index (χ0n) is 12.3. The monoisotopic (exact) mass is 279 g/mol. The Bertz CT molecular complexity index is 453. The van der Waals surface area contributed by atoms with Crippen LogP contribution in [0.2, 0.25) is 0 Å². The van der Waals surface area contributed by atoms with Crippen LogP contribution in [0.1, 0.15) is 27.7 Å². The van der Waals surface area contributed by atoms with E-state index < -0.39 is 6.10 Å². The molecule has 1 aromatic rings. The first-order chi connectivity index (χ1) is 9.43. The van der Waals surface area contributed by atoms with Gasteiger partial charge < -0.3 is 14.8 Å². The second-order valence-corrected chi connectivity index (χ2v) is 4.68. The van der Waals surface area contributed by atoms with E-state index in [1.165, 1.54) is 0 Å². The van der Waals surface area contributed by atoms with Crippen LogP contribution in [0.5, 0.6) is 5.75 Å². The number of hydrogen-bond acceptors (Lipinski definition) is 4. The molecule has 0 saturated heterocycles. The van der Waals surface area contributed by atoms with Crippen molar-refractivity contribution in [3.63, 3.8) is 0 Å². The average Bonchev–Trinajstić information content (AvgIpc) is 2.41. The lowest BCUT2D eigenvalue weighted by molar-refractivity contribution is -0.156. The molecule has 0 aliphatic heterocycles. The van der Waals surface area contributed by atoms with E-state index in [2.05, 4.69) is 5.32 Å². The molecule has 0 radical (unpaired) electrons. The maximum Gasteiger partial charge on any atom is 0.309 e. The number of carbonyl (C=O) groups is 2. The van der Waals surface area contributed by atoms with E-state index in [1.807, 2.05) is 6.92 Å². The first-order valence-corrected chi connectivity index (χ1v) is 6.68. The fourth-order valence-electron chi connectivity index (χ4n) is 1.41. The zero-order valence-corrected chi connectivity index (χ0v) is 12.3. The van der Waals surface area contributed by atoms with Gasteiger partial charge in [0.15, 0.2) is 6.10 Å². The summed E-state index contributed by atoms with van der Waals surface area (Å²) in [6, 6.07) is 7.01. The van der Waals surface area contributed by atoms with Gasteiger partial charge in [0.2, 0.25) is 0 Å². The minimum absolute atomic E-state index is 0.254. The summed E-state index contributed by atoms with van der Waals surface area (Å²) in [6.07, 6.45) is -0.823. The molecule has 0 heterocycles. The maximum atomic E-state index is 11.9. The molecule has 5 heteroatoms. The topological polar surface area (TPSA) is 64.6 Å². The van der Waals surface area contributed by atoms with Crippen molar-refractivity contribution in [3.8, 4) is 5.75 Å². The van der Waals surface area contributed by atoms with Crippen LogP contribution in [0.3, 0.4) is 0 Å². The lowest BCUT2D eigenvalue weighted by Gasteiger charge is -2.15. The molecule has 20 heavy (non-hydrogen) atoms. The number of amides is 1. The Morgan fingerprint density at radius 3 is 2.25 bits per heavy atom. The van der Waals surface area contributed by atoms with Gasteiger partial charge in [-0.15, -0.1) is 0 Å². The quantitative estimate of drug-likeness (QED) is 0.813. The maximum absolute atomic E-state index is 11.9. The van der Waals surface area contributed by atoms with Gasteiger partial charge in [-0.25, -0.2) is 0 Å². The molecule has 5 nitrogen and oxygen atoms in total. The number of nitrogens with one attached hydrogen (secondary N) is 1. The van der Waals surface area contributed by atoms with E-state index in [1.54, 1.807) is 45.0 Å². The summed E-state index contributed by atoms with van der Waals surface area (Å²) in [4.78, 5) is 23.3. The van der Waals surface area contributed by atoms with Crippen molar-refractivity contribution in [2.75, 3.05) is 11.9 Å². The van der Waals surface area contributed by atoms with Gasteiger partial charge in [0.25, 0.3) is 5.91 Å². The Morgan fingerprint density at radius 1 is 1.15 bits per heavy atom. The number of ether oxygens (including phenoxy) is 2. The van der Waals surface area contributed by atoms with Gasteiger partial charge in [0.05, 0.1) is 12.5 Å². The Balaban J connectivity index is 2.54. The van der Waals surface area contributed by atoms with Crippen molar-refractivity contribution in [1.82, 2.24) is 0 Å². The molecule has 0 fully saturated rings. The Kier molecular flexibility index (Phi) is 6.03. The lowest BCUT2D eigenvalue weighted by Crippen LogP contribution is -2.31. The van der Waals surface area contributed by atoms with Gasteiger partial charge in [-0.2, -0.15) is 0 Å². The molecule has 1 N–H and O–H groups in total. The highest BCUT2D eigenvalue weighted by atomic mass is 16.5. The molecule has 0 aliphatic rings. The number of carbonyl (C=O) groups excluding carboxylic acids is 2. The van der Waals surface area contributed by atoms with Crippen molar-refractivity contribution in [2.24, 2.45) is 5.92 Å². The zero-order chi connectivity index (χ0) is 15.1. The van der Waals surface area contributed by atoms with E-state index in [9.17, 15) is 9.59 Å². The molecule has 0 saturated carbocycles. The Morgan fingerprint density at radius 2 is 1.75 bits per heavy atom. The molecule has 0 aliphatic carbocycles. The minimum Gasteiger partial charge on any atom is -0.494 e. The van der Waals surface area contributed by atoms with Crippen molar-refractivity contribution >= 4 is 17.6 Å². The molecule has 1 atom stereocenters. The average molecular weight is 279 g/mol. The summed E-state index contributed by atoms with van der Waals surface area (Å²) in [5.41, 5.74) is 0.630. The second-order valence-electron chi connectivity index (χ2n) is 4.68. The number of esters is 1. The number of anilines is 1. The summed E-state index contributed by atoms with van der Waals surface area (Å²) >= 11 is 0. The Labute approximate surface area is 119 Å². The van der Waals surface area contributed by atoms with Crippen LogP contribution in [0, 0.1) is 5.92 Å². The fourth-order valence-corrected chi connectivity index (χ4v) is 1.41. The predicted octanol–water partition coefficient (Wildman–Crippen LogP) is 2.61. The first-order valence-electron chi connectivity index (χ1n) is 6.68. The van der Waals surface area contributed by atoms with Gasteiger partial charge >= 0.3 is 5.97 Å². The number of rotatable bonds is 6. The molecular weight excluding hydrogens is 258 g/mol. The van der Waals surface area contributed by atoms with Gasteiger partial charge in [0, 0.05) is 5.69 Å². The molecule has 1 amide bonds. The van der Waals surface area contributed by atoms with Gasteiger partial charge in [-0.3, -0.25) is 9.59 Å². The predicted molar refractivity (Wildman–Crippen MR) is 76.6 cm³/mol. The van der Waals surface area contributed by atoms with E-state index in [0.29, 0.717) is 12.3 Å². The minimum atomic E-state index is -0.823. The van der Waals surface area contributed by atoms with Crippen molar-refractivity contribution in [3.05, 3.63) is 24.3 Å². The third kappa shape index (κ3) is 4.91. The van der Waals surface area contributed by atoms with Crippen LogP contribution in [0.25, 0.3) is 0 Å². The van der Waals surface area contributed by atoms with Crippen LogP contribution < -0.4 is 10.1 Å². The molecule has 1 rings (SSSR count). The van der Waals surface area contributed by atoms with Gasteiger partial charge in [0.1, 0.15) is 5.75 Å². The summed E-state index contributed by atoms with van der Waals surface area (Å²) in [7, 11) is 0. The second kappa shape index (κ2) is 7.53. The van der Waals surface area contributed by atoms with Crippen LogP contribution >= 0.6 is 0 Å². The van der Waals surface area contributed by atoms with Crippen molar-refractivity contribution < 1.29 is 19.1 Å². The summed E-state index contributed by atoms with van der Waals surface area (Å²) in [5.74, 6) is -0.261. The summed E-state index contributed by atoms with van der Waals surface area (Å²) < 4.78 is 10.3. The SMILES string of the molecule is CCOc1ccc(NC(=O)[C@H](C)OC(=O)C(C)C)cc1. The van der Waals surface area contributed by atoms with Crippen LogP contribution in [0.15, 0.2) is 24.3 Å². The largest absolute Gasteiger partial charge is 0.494 e. The normalized spacial score (nSPS) is 11.8. The van der Waals surface area contributed by atoms with Gasteiger partial charge in [-0.1, -0.05) is 13.8 Å². The number of hydrogen-bond donors (Lipinski definition) is 1. The highest BCUT2D eigenvalue weighted by Gasteiger charge is 2.19. The number of benzene rings is 1. The molecule has 0 unspecified atom stereocenters. The van der Waals surface area contributed by atoms with Crippen molar-refractivity contribution in [2.45, 2.75) is 33.8 Å². The highest BCUT2D eigenvalue weighted by Crippen LogP contribution is 2.16. The summed E-state index contributed by atoms with van der Waals surface area (Å²) in [5, 5.41) is 2.68. The van der Waals surface area contributed by atoms with E-state index in [0.717, 1.165) is 5.75 Å². The molecule has 0 bridgehead atoms. The molecular formula is C15H21NO4. The van der Waals surface area contributed by atoms with Gasteiger partial charge in [-0.05, 0) is 38.1 Å². The lowest BCUT2D eigenvalue weighted by atomic mass is 10.2. The fraction of sp³-hybridized carbons (Fsp3) is 0.467. The third-order valence-electron chi connectivity index (χ3n) is 2.57. The standard InChI is InChI=1S/C15H21NO4/c1-5-19-13-8-6-12(7-9-13)16-14(17)11(4)20-15(18)10(2)3/h6-11H,5H2,1-4H3,(H,16,17)/t11-/m0/s1. The van der Waals surface area contributed by atoms with Crippen LogP contribution in [-0.2, 0) is 14.3 Å². The highest BCUT2D eigenvalue weighted by molar-refractivity contribution is 5.95. The molecule has 1 aromatic carbocycles. The smallest absolute Gasteiger partial charge is 0.309 e. The Hall–Kier alpha value is -2.04.